The molecule has 0 saturated carbocycles. The molecular weight excluding hydrogens is 621 g/mol. The zero-order valence-corrected chi connectivity index (χ0v) is 23.7. The smallest absolute Gasteiger partial charge is 0.325 e. The third-order valence-corrected chi connectivity index (χ3v) is 7.26. The number of ether oxygens (including phenoxy) is 2. The average Bonchev–Trinajstić information content (AvgIpc) is 3.20. The van der Waals surface area contributed by atoms with Gasteiger partial charge in [0.2, 0.25) is 5.91 Å². The van der Waals surface area contributed by atoms with E-state index in [1.807, 2.05) is 43.3 Å². The summed E-state index contributed by atoms with van der Waals surface area (Å²) >= 11 is 8.48. The quantitative estimate of drug-likeness (QED) is 0.175. The Kier molecular flexibility index (Phi) is 9.24. The van der Waals surface area contributed by atoms with Crippen LogP contribution in [0.15, 0.2) is 72.8 Å². The molecule has 38 heavy (non-hydrogen) atoms. The zero-order chi connectivity index (χ0) is 27.2. The first-order chi connectivity index (χ1) is 18.3. The molecule has 1 aliphatic heterocycles. The number of benzene rings is 3. The summed E-state index contributed by atoms with van der Waals surface area (Å²) in [5.41, 5.74) is 1.79. The van der Waals surface area contributed by atoms with E-state index in [0.29, 0.717) is 35.2 Å². The summed E-state index contributed by atoms with van der Waals surface area (Å²) in [4.78, 5) is 41.5. The Balaban J connectivity index is 1.62. The third kappa shape index (κ3) is 6.28. The zero-order valence-electron chi connectivity index (χ0n) is 20.8. The lowest BCUT2D eigenvalue weighted by Crippen LogP contribution is -2.50. The molecule has 4 amide bonds. The van der Waals surface area contributed by atoms with E-state index in [0.717, 1.165) is 14.0 Å². The lowest BCUT2D eigenvalue weighted by atomic mass is 9.91. The maximum absolute atomic E-state index is 13.7. The molecule has 3 aromatic carbocycles. The third-order valence-electron chi connectivity index (χ3n) is 6.28. The van der Waals surface area contributed by atoms with Gasteiger partial charge in [-0.25, -0.2) is 9.69 Å². The standard InChI is InChI=1S/C28H27ClIN3O5/c1-17(18-6-4-3-5-7-18)25(26(34)31-23-13-10-20(30)16-22(23)29)33-27(35)24(32-28(33)36)19-8-11-21(12-9-19)38-15-14-37-2/h3-13,16-17,24-25H,14-15H2,1-2H3,(H,31,34)(H,32,36)/t17-,24+,25-/m0/s1. The van der Waals surface area contributed by atoms with Crippen LogP contribution in [0.2, 0.25) is 5.02 Å². The van der Waals surface area contributed by atoms with Crippen molar-refractivity contribution >= 4 is 57.7 Å². The number of nitrogens with zero attached hydrogens (tertiary/aromatic N) is 1. The molecule has 3 aromatic rings. The minimum Gasteiger partial charge on any atom is -0.491 e. The Bertz CT molecular complexity index is 1310. The molecule has 2 N–H and O–H groups in total. The van der Waals surface area contributed by atoms with Crippen molar-refractivity contribution in [2.24, 2.45) is 0 Å². The van der Waals surface area contributed by atoms with Crippen molar-refractivity contribution in [1.29, 1.82) is 0 Å². The number of rotatable bonds is 10. The molecule has 8 nitrogen and oxygen atoms in total. The number of imide groups is 1. The highest BCUT2D eigenvalue weighted by atomic mass is 127. The summed E-state index contributed by atoms with van der Waals surface area (Å²) in [6.07, 6.45) is 0. The lowest BCUT2D eigenvalue weighted by Gasteiger charge is -2.30. The number of anilines is 1. The summed E-state index contributed by atoms with van der Waals surface area (Å²) in [5.74, 6) is -0.914. The molecule has 10 heteroatoms. The van der Waals surface area contributed by atoms with E-state index in [4.69, 9.17) is 21.1 Å². The molecule has 0 unspecified atom stereocenters. The second-order valence-corrected chi connectivity index (χ2v) is 10.4. The number of carbonyl (C=O) groups excluding carboxylic acids is 3. The number of urea groups is 1. The minimum atomic E-state index is -1.12. The Hall–Kier alpha value is -3.15. The van der Waals surface area contributed by atoms with E-state index >= 15 is 0 Å². The molecule has 0 radical (unpaired) electrons. The largest absolute Gasteiger partial charge is 0.491 e. The Morgan fingerprint density at radius 3 is 2.45 bits per heavy atom. The SMILES string of the molecule is COCCOc1ccc([C@H]2NC(=O)N([C@H](C(=O)Nc3ccc(I)cc3Cl)[C@@H](C)c3ccccc3)C2=O)cc1. The summed E-state index contributed by atoms with van der Waals surface area (Å²) in [5, 5.41) is 5.91. The van der Waals surface area contributed by atoms with Gasteiger partial charge < -0.3 is 20.1 Å². The number of methoxy groups -OCH3 is 1. The van der Waals surface area contributed by atoms with Crippen LogP contribution in [0.4, 0.5) is 10.5 Å². The highest BCUT2D eigenvalue weighted by Crippen LogP contribution is 2.32. The molecule has 1 fully saturated rings. The van der Waals surface area contributed by atoms with Gasteiger partial charge in [-0.2, -0.15) is 0 Å². The van der Waals surface area contributed by atoms with Gasteiger partial charge in [0, 0.05) is 16.6 Å². The first-order valence-corrected chi connectivity index (χ1v) is 13.4. The highest BCUT2D eigenvalue weighted by molar-refractivity contribution is 14.1. The number of hydrogen-bond donors (Lipinski definition) is 2. The van der Waals surface area contributed by atoms with E-state index in [2.05, 4.69) is 33.2 Å². The van der Waals surface area contributed by atoms with Crippen molar-refractivity contribution in [1.82, 2.24) is 10.2 Å². The van der Waals surface area contributed by atoms with Crippen LogP contribution in [0.5, 0.6) is 5.75 Å². The van der Waals surface area contributed by atoms with Crippen molar-refractivity contribution in [3.63, 3.8) is 0 Å². The minimum absolute atomic E-state index is 0.360. The molecule has 0 aromatic heterocycles. The number of hydrogen-bond acceptors (Lipinski definition) is 5. The van der Waals surface area contributed by atoms with Crippen LogP contribution in [-0.4, -0.2) is 49.1 Å². The second kappa shape index (κ2) is 12.6. The lowest BCUT2D eigenvalue weighted by molar-refractivity contribution is -0.134. The molecule has 1 saturated heterocycles. The summed E-state index contributed by atoms with van der Waals surface area (Å²) in [6, 6.07) is 18.7. The fraction of sp³-hybridized carbons (Fsp3) is 0.250. The molecule has 0 aliphatic carbocycles. The van der Waals surface area contributed by atoms with Crippen LogP contribution in [0.3, 0.4) is 0 Å². The van der Waals surface area contributed by atoms with Gasteiger partial charge >= 0.3 is 6.03 Å². The van der Waals surface area contributed by atoms with Crippen LogP contribution in [0.1, 0.15) is 30.0 Å². The molecule has 4 rings (SSSR count). The van der Waals surface area contributed by atoms with Crippen LogP contribution in [0.25, 0.3) is 0 Å². The van der Waals surface area contributed by atoms with Gasteiger partial charge in [0.05, 0.1) is 17.3 Å². The highest BCUT2D eigenvalue weighted by Gasteiger charge is 2.47. The second-order valence-electron chi connectivity index (χ2n) is 8.76. The number of carbonyl (C=O) groups is 3. The van der Waals surface area contributed by atoms with Crippen LogP contribution in [0, 0.1) is 3.57 Å². The van der Waals surface area contributed by atoms with E-state index in [1.165, 1.54) is 0 Å². The van der Waals surface area contributed by atoms with Gasteiger partial charge in [0.25, 0.3) is 5.91 Å². The molecule has 0 spiro atoms. The Morgan fingerprint density at radius 1 is 1.08 bits per heavy atom. The van der Waals surface area contributed by atoms with Gasteiger partial charge in [-0.15, -0.1) is 0 Å². The fourth-order valence-electron chi connectivity index (χ4n) is 4.29. The van der Waals surface area contributed by atoms with Crippen LogP contribution >= 0.6 is 34.2 Å². The number of amides is 4. The maximum Gasteiger partial charge on any atom is 0.325 e. The van der Waals surface area contributed by atoms with Crippen molar-refractivity contribution in [2.45, 2.75) is 24.9 Å². The predicted molar refractivity (Wildman–Crippen MR) is 153 cm³/mol. The van der Waals surface area contributed by atoms with Crippen molar-refractivity contribution in [3.05, 3.63) is 92.5 Å². The molecule has 3 atom stereocenters. The number of halogens is 2. The van der Waals surface area contributed by atoms with Gasteiger partial charge in [-0.3, -0.25) is 9.59 Å². The molecule has 1 aliphatic rings. The first kappa shape index (κ1) is 27.9. The number of nitrogens with one attached hydrogen (secondary N) is 2. The summed E-state index contributed by atoms with van der Waals surface area (Å²) < 4.78 is 11.5. The monoisotopic (exact) mass is 647 g/mol. The molecular formula is C28H27ClIN3O5. The summed E-state index contributed by atoms with van der Waals surface area (Å²) in [7, 11) is 1.59. The first-order valence-electron chi connectivity index (χ1n) is 12.0. The van der Waals surface area contributed by atoms with Crippen molar-refractivity contribution < 1.29 is 23.9 Å². The van der Waals surface area contributed by atoms with Gasteiger partial charge in [-0.05, 0) is 64.0 Å². The van der Waals surface area contributed by atoms with Gasteiger partial charge in [-0.1, -0.05) is 61.0 Å². The van der Waals surface area contributed by atoms with E-state index in [1.54, 1.807) is 43.5 Å². The van der Waals surface area contributed by atoms with Crippen LogP contribution < -0.4 is 15.4 Å². The van der Waals surface area contributed by atoms with Crippen molar-refractivity contribution in [3.8, 4) is 5.75 Å². The molecule has 198 valence electrons. The Morgan fingerprint density at radius 2 is 1.79 bits per heavy atom. The van der Waals surface area contributed by atoms with E-state index in [9.17, 15) is 14.4 Å². The topological polar surface area (TPSA) is 97.0 Å². The van der Waals surface area contributed by atoms with Crippen LogP contribution in [-0.2, 0) is 14.3 Å². The fourth-order valence-corrected chi connectivity index (χ4v) is 5.19. The Labute approximate surface area is 239 Å². The van der Waals surface area contributed by atoms with E-state index in [-0.39, 0.29) is 0 Å². The molecule has 0 bridgehead atoms. The summed E-state index contributed by atoms with van der Waals surface area (Å²) in [6.45, 7) is 2.65. The average molecular weight is 648 g/mol. The molecule has 1 heterocycles. The van der Waals surface area contributed by atoms with Gasteiger partial charge in [0.1, 0.15) is 24.4 Å². The van der Waals surface area contributed by atoms with E-state index < -0.39 is 35.8 Å². The van der Waals surface area contributed by atoms with Crippen molar-refractivity contribution in [2.75, 3.05) is 25.6 Å². The predicted octanol–water partition coefficient (Wildman–Crippen LogP) is 5.37. The maximum atomic E-state index is 13.7. The normalized spacial score (nSPS) is 16.6. The van der Waals surface area contributed by atoms with Gasteiger partial charge in [0.15, 0.2) is 0 Å².